The van der Waals surface area contributed by atoms with Gasteiger partial charge >= 0.3 is 0 Å². The van der Waals surface area contributed by atoms with Crippen molar-refractivity contribution < 1.29 is 22.7 Å². The van der Waals surface area contributed by atoms with Crippen LogP contribution in [0.5, 0.6) is 11.5 Å². The molecule has 3 aromatic rings. The number of ether oxygens (including phenoxy) is 2. The van der Waals surface area contributed by atoms with Crippen LogP contribution in [-0.4, -0.2) is 28.5 Å². The van der Waals surface area contributed by atoms with E-state index in [2.05, 4.69) is 5.32 Å². The number of hydrogen-bond acceptors (Lipinski definition) is 6. The van der Waals surface area contributed by atoms with Crippen molar-refractivity contribution >= 4 is 32.8 Å². The van der Waals surface area contributed by atoms with Crippen molar-refractivity contribution in [2.75, 3.05) is 19.5 Å². The van der Waals surface area contributed by atoms with Crippen LogP contribution in [0.4, 0.5) is 5.69 Å². The lowest BCUT2D eigenvalue weighted by Crippen LogP contribution is -2.11. The molecule has 8 heteroatoms. The highest BCUT2D eigenvalue weighted by Crippen LogP contribution is 2.31. The van der Waals surface area contributed by atoms with E-state index in [1.54, 1.807) is 36.4 Å². The summed E-state index contributed by atoms with van der Waals surface area (Å²) in [6.45, 7) is 0. The Morgan fingerprint density at radius 2 is 1.70 bits per heavy atom. The van der Waals surface area contributed by atoms with E-state index in [1.165, 1.54) is 38.5 Å². The predicted molar refractivity (Wildman–Crippen MR) is 104 cm³/mol. The maximum Gasteiger partial charge on any atom is 0.265 e. The van der Waals surface area contributed by atoms with Gasteiger partial charge in [0, 0.05) is 6.07 Å². The number of methoxy groups -OCH3 is 2. The maximum absolute atomic E-state index is 12.6. The Balaban J connectivity index is 1.84. The molecule has 0 aliphatic heterocycles. The Hall–Kier alpha value is -2.84. The maximum atomic E-state index is 12.6. The van der Waals surface area contributed by atoms with E-state index in [4.69, 9.17) is 9.47 Å². The summed E-state index contributed by atoms with van der Waals surface area (Å²) < 4.78 is 35.8. The number of rotatable bonds is 6. The number of hydrogen-bond donors (Lipinski definition) is 1. The number of sulfone groups is 1. The van der Waals surface area contributed by atoms with E-state index < -0.39 is 15.7 Å². The largest absolute Gasteiger partial charge is 0.497 e. The van der Waals surface area contributed by atoms with E-state index in [1.807, 2.05) is 0 Å². The molecule has 0 atom stereocenters. The topological polar surface area (TPSA) is 81.7 Å². The van der Waals surface area contributed by atoms with Gasteiger partial charge in [0.1, 0.15) is 15.7 Å². The average Bonchev–Trinajstić information content (AvgIpc) is 3.20. The molecule has 0 saturated heterocycles. The summed E-state index contributed by atoms with van der Waals surface area (Å²) >= 11 is 0.918. The third kappa shape index (κ3) is 3.96. The van der Waals surface area contributed by atoms with Crippen molar-refractivity contribution in [3.63, 3.8) is 0 Å². The third-order valence-electron chi connectivity index (χ3n) is 3.78. The van der Waals surface area contributed by atoms with Gasteiger partial charge in [0.15, 0.2) is 0 Å². The summed E-state index contributed by atoms with van der Waals surface area (Å²) in [5.41, 5.74) is 0.462. The first-order valence-corrected chi connectivity index (χ1v) is 10.2. The summed E-state index contributed by atoms with van der Waals surface area (Å²) in [7, 11) is -0.628. The summed E-state index contributed by atoms with van der Waals surface area (Å²) in [6, 6.07) is 16.0. The van der Waals surface area contributed by atoms with Gasteiger partial charge < -0.3 is 14.8 Å². The molecule has 0 saturated carbocycles. The van der Waals surface area contributed by atoms with Gasteiger partial charge in [0.2, 0.25) is 9.84 Å². The monoisotopic (exact) mass is 403 g/mol. The first kappa shape index (κ1) is 18.9. The Bertz CT molecular complexity index is 1060. The Morgan fingerprint density at radius 3 is 2.37 bits per heavy atom. The second-order valence-electron chi connectivity index (χ2n) is 5.46. The van der Waals surface area contributed by atoms with Crippen LogP contribution in [0.25, 0.3) is 0 Å². The fourth-order valence-electron chi connectivity index (χ4n) is 2.39. The molecule has 0 bridgehead atoms. The van der Waals surface area contributed by atoms with Crippen LogP contribution in [0.2, 0.25) is 0 Å². The standard InChI is InChI=1S/C19H17NO5S2/c1-24-13-8-9-15(16(12-13)25-2)20-19(21)17-10-11-18(26-17)27(22,23)14-6-4-3-5-7-14/h3-12H,1-2H3,(H,20,21). The zero-order valence-electron chi connectivity index (χ0n) is 14.6. The highest BCUT2D eigenvalue weighted by atomic mass is 32.2. The van der Waals surface area contributed by atoms with Gasteiger partial charge in [-0.25, -0.2) is 8.42 Å². The summed E-state index contributed by atoms with van der Waals surface area (Å²) in [5, 5.41) is 2.73. The van der Waals surface area contributed by atoms with Gasteiger partial charge in [-0.15, -0.1) is 11.3 Å². The molecule has 1 heterocycles. The van der Waals surface area contributed by atoms with Crippen LogP contribution < -0.4 is 14.8 Å². The molecular formula is C19H17NO5S2. The number of carbonyl (C=O) groups is 1. The molecule has 0 aliphatic carbocycles. The molecule has 0 aliphatic rings. The first-order chi connectivity index (χ1) is 13.0. The molecule has 3 rings (SSSR count). The first-order valence-electron chi connectivity index (χ1n) is 7.89. The smallest absolute Gasteiger partial charge is 0.265 e. The van der Waals surface area contributed by atoms with Crippen molar-refractivity contribution in [2.45, 2.75) is 9.10 Å². The van der Waals surface area contributed by atoms with Crippen LogP contribution in [0.3, 0.4) is 0 Å². The lowest BCUT2D eigenvalue weighted by molar-refractivity contribution is 0.103. The number of carbonyl (C=O) groups excluding carboxylic acids is 1. The van der Waals surface area contributed by atoms with Gasteiger partial charge in [-0.2, -0.15) is 0 Å². The summed E-state index contributed by atoms with van der Waals surface area (Å²) in [4.78, 5) is 13.0. The minimum Gasteiger partial charge on any atom is -0.497 e. The molecule has 1 N–H and O–H groups in total. The molecule has 0 radical (unpaired) electrons. The number of benzene rings is 2. The normalized spacial score (nSPS) is 11.0. The fourth-order valence-corrected chi connectivity index (χ4v) is 5.01. The zero-order valence-corrected chi connectivity index (χ0v) is 16.3. The summed E-state index contributed by atoms with van der Waals surface area (Å²) in [6.07, 6.45) is 0. The summed E-state index contributed by atoms with van der Waals surface area (Å²) in [5.74, 6) is 0.617. The van der Waals surface area contributed by atoms with Gasteiger partial charge in [0.25, 0.3) is 5.91 Å². The molecular weight excluding hydrogens is 386 g/mol. The Morgan fingerprint density at radius 1 is 0.963 bits per heavy atom. The molecule has 0 unspecified atom stereocenters. The van der Waals surface area contributed by atoms with Crippen molar-refractivity contribution in [1.82, 2.24) is 0 Å². The molecule has 1 aromatic heterocycles. The van der Waals surface area contributed by atoms with Gasteiger partial charge in [0.05, 0.1) is 29.7 Å². The van der Waals surface area contributed by atoms with E-state index in [-0.39, 0.29) is 14.0 Å². The Labute approximate surface area is 161 Å². The van der Waals surface area contributed by atoms with Crippen molar-refractivity contribution in [3.8, 4) is 11.5 Å². The minimum absolute atomic E-state index is 0.112. The van der Waals surface area contributed by atoms with E-state index in [9.17, 15) is 13.2 Å². The zero-order chi connectivity index (χ0) is 19.4. The van der Waals surface area contributed by atoms with Crippen molar-refractivity contribution in [2.24, 2.45) is 0 Å². The third-order valence-corrected chi connectivity index (χ3v) is 7.13. The molecule has 0 fully saturated rings. The van der Waals surface area contributed by atoms with E-state index in [0.29, 0.717) is 17.2 Å². The second-order valence-corrected chi connectivity index (χ2v) is 8.72. The molecule has 140 valence electrons. The molecule has 1 amide bonds. The molecule has 0 spiro atoms. The van der Waals surface area contributed by atoms with E-state index in [0.717, 1.165) is 11.3 Å². The number of nitrogens with one attached hydrogen (secondary N) is 1. The molecule has 27 heavy (non-hydrogen) atoms. The van der Waals surface area contributed by atoms with Crippen LogP contribution in [0, 0.1) is 0 Å². The lowest BCUT2D eigenvalue weighted by atomic mass is 10.2. The number of thiophene rings is 1. The SMILES string of the molecule is COc1ccc(NC(=O)c2ccc(S(=O)(=O)c3ccccc3)s2)c(OC)c1. The quantitative estimate of drug-likeness (QED) is 0.676. The van der Waals surface area contributed by atoms with Gasteiger partial charge in [-0.3, -0.25) is 4.79 Å². The van der Waals surface area contributed by atoms with Crippen LogP contribution in [0.1, 0.15) is 9.67 Å². The average molecular weight is 403 g/mol. The minimum atomic E-state index is -3.65. The lowest BCUT2D eigenvalue weighted by Gasteiger charge is -2.11. The van der Waals surface area contributed by atoms with E-state index >= 15 is 0 Å². The van der Waals surface area contributed by atoms with Crippen LogP contribution in [0.15, 0.2) is 69.8 Å². The fraction of sp³-hybridized carbons (Fsp3) is 0.105. The number of amides is 1. The second kappa shape index (κ2) is 7.81. The highest BCUT2D eigenvalue weighted by Gasteiger charge is 2.22. The Kier molecular flexibility index (Phi) is 5.48. The van der Waals surface area contributed by atoms with Crippen molar-refractivity contribution in [1.29, 1.82) is 0 Å². The van der Waals surface area contributed by atoms with Crippen molar-refractivity contribution in [3.05, 3.63) is 65.5 Å². The van der Waals surface area contributed by atoms with Gasteiger partial charge in [-0.1, -0.05) is 18.2 Å². The van der Waals surface area contributed by atoms with Crippen LogP contribution in [-0.2, 0) is 9.84 Å². The van der Waals surface area contributed by atoms with Crippen LogP contribution >= 0.6 is 11.3 Å². The highest BCUT2D eigenvalue weighted by molar-refractivity contribution is 7.93. The van der Waals surface area contributed by atoms with Gasteiger partial charge in [-0.05, 0) is 36.4 Å². The number of anilines is 1. The molecule has 6 nitrogen and oxygen atoms in total. The molecule has 2 aromatic carbocycles. The predicted octanol–water partition coefficient (Wildman–Crippen LogP) is 3.85.